The summed E-state index contributed by atoms with van der Waals surface area (Å²) >= 11 is 12.5. The number of hydrogen-bond acceptors (Lipinski definition) is 1. The number of aryl methyl sites for hydroxylation is 2. The van der Waals surface area contributed by atoms with Gasteiger partial charge in [-0.05, 0) is 54.3 Å². The molecule has 2 aromatic rings. The summed E-state index contributed by atoms with van der Waals surface area (Å²) in [6, 6.07) is 9.94. The first-order valence-corrected chi connectivity index (χ1v) is 6.54. The Morgan fingerprint density at radius 2 is 1.61 bits per heavy atom. The lowest BCUT2D eigenvalue weighted by molar-refractivity contribution is 1.07. The molecule has 0 fully saturated rings. The van der Waals surface area contributed by atoms with Crippen LogP contribution in [0, 0.1) is 13.8 Å². The molecular weight excluding hydrogens is 265 g/mol. The van der Waals surface area contributed by atoms with Crippen LogP contribution in [0.3, 0.4) is 0 Å². The van der Waals surface area contributed by atoms with Gasteiger partial charge in [0.1, 0.15) is 0 Å². The molecule has 94 valence electrons. The minimum atomic E-state index is 0.444. The third-order valence-electron chi connectivity index (χ3n) is 3.17. The third-order valence-corrected chi connectivity index (χ3v) is 3.83. The van der Waals surface area contributed by atoms with Gasteiger partial charge in [-0.25, -0.2) is 0 Å². The molecule has 0 bridgehead atoms. The van der Waals surface area contributed by atoms with Gasteiger partial charge in [0.25, 0.3) is 0 Å². The van der Waals surface area contributed by atoms with E-state index in [1.807, 2.05) is 24.3 Å². The second-order valence-electron chi connectivity index (χ2n) is 4.43. The molecule has 1 nitrogen and oxygen atoms in total. The topological polar surface area (TPSA) is 26.0 Å². The summed E-state index contributed by atoms with van der Waals surface area (Å²) in [5, 5.41) is 1.43. The fourth-order valence-corrected chi connectivity index (χ4v) is 2.47. The lowest BCUT2D eigenvalue weighted by atomic mass is 9.99. The molecule has 0 saturated carbocycles. The van der Waals surface area contributed by atoms with Gasteiger partial charge in [0.05, 0.1) is 0 Å². The Morgan fingerprint density at radius 1 is 0.944 bits per heavy atom. The van der Waals surface area contributed by atoms with Crippen molar-refractivity contribution in [3.8, 4) is 11.1 Å². The Balaban J connectivity index is 2.55. The maximum Gasteiger partial charge on any atom is 0.0487 e. The van der Waals surface area contributed by atoms with Gasteiger partial charge in [-0.2, -0.15) is 0 Å². The quantitative estimate of drug-likeness (QED) is 0.845. The van der Waals surface area contributed by atoms with Crippen LogP contribution in [0.2, 0.25) is 10.0 Å². The van der Waals surface area contributed by atoms with E-state index in [1.165, 1.54) is 11.1 Å². The van der Waals surface area contributed by atoms with E-state index in [0.717, 1.165) is 21.7 Å². The molecule has 0 aliphatic rings. The number of rotatable bonds is 2. The average Bonchev–Trinajstić information content (AvgIpc) is 2.33. The van der Waals surface area contributed by atoms with Gasteiger partial charge in [0.2, 0.25) is 0 Å². The van der Waals surface area contributed by atoms with E-state index in [4.69, 9.17) is 28.9 Å². The van der Waals surface area contributed by atoms with E-state index >= 15 is 0 Å². The Hall–Kier alpha value is -1.02. The zero-order chi connectivity index (χ0) is 13.3. The fourth-order valence-electron chi connectivity index (χ4n) is 1.88. The molecule has 0 radical (unpaired) electrons. The van der Waals surface area contributed by atoms with E-state index < -0.39 is 0 Å². The Kier molecular flexibility index (Phi) is 3.96. The van der Waals surface area contributed by atoms with Crippen LogP contribution in [0.25, 0.3) is 11.1 Å². The van der Waals surface area contributed by atoms with Crippen LogP contribution in [0.4, 0.5) is 0 Å². The summed E-state index contributed by atoms with van der Waals surface area (Å²) < 4.78 is 0. The predicted octanol–water partition coefficient (Wildman–Crippen LogP) is 4.74. The molecular formula is C15H15Cl2N. The molecule has 0 spiro atoms. The van der Waals surface area contributed by atoms with Crippen LogP contribution < -0.4 is 5.73 Å². The van der Waals surface area contributed by atoms with E-state index in [1.54, 1.807) is 0 Å². The first-order valence-electron chi connectivity index (χ1n) is 5.78. The molecule has 0 saturated heterocycles. The van der Waals surface area contributed by atoms with Crippen molar-refractivity contribution in [1.82, 2.24) is 0 Å². The molecule has 0 aliphatic carbocycles. The third kappa shape index (κ3) is 2.54. The van der Waals surface area contributed by atoms with Crippen LogP contribution in [0.1, 0.15) is 16.7 Å². The summed E-state index contributed by atoms with van der Waals surface area (Å²) in [6.07, 6.45) is 0. The van der Waals surface area contributed by atoms with Gasteiger partial charge in [0.15, 0.2) is 0 Å². The zero-order valence-corrected chi connectivity index (χ0v) is 11.9. The van der Waals surface area contributed by atoms with Crippen molar-refractivity contribution in [1.29, 1.82) is 0 Å². The second-order valence-corrected chi connectivity index (χ2v) is 5.24. The molecule has 0 aromatic heterocycles. The summed E-state index contributed by atoms with van der Waals surface area (Å²) in [5.41, 5.74) is 11.0. The lowest BCUT2D eigenvalue weighted by Gasteiger charge is -2.10. The standard InChI is InChI=1S/C15H15Cl2N/c1-9-5-13(15(17)6-10(9)2)11-3-4-12(8-18)14(16)7-11/h3-7H,8,18H2,1-2H3. The largest absolute Gasteiger partial charge is 0.326 e. The molecule has 2 rings (SSSR count). The van der Waals surface area contributed by atoms with Gasteiger partial charge in [-0.1, -0.05) is 35.3 Å². The highest BCUT2D eigenvalue weighted by Crippen LogP contribution is 2.32. The Labute approximate surface area is 118 Å². The normalized spacial score (nSPS) is 10.7. The van der Waals surface area contributed by atoms with Crippen LogP contribution in [-0.4, -0.2) is 0 Å². The predicted molar refractivity (Wildman–Crippen MR) is 79.3 cm³/mol. The highest BCUT2D eigenvalue weighted by atomic mass is 35.5. The maximum absolute atomic E-state index is 6.29. The van der Waals surface area contributed by atoms with Crippen LogP contribution in [0.15, 0.2) is 30.3 Å². The SMILES string of the molecule is Cc1cc(Cl)c(-c2ccc(CN)c(Cl)c2)cc1C. The minimum absolute atomic E-state index is 0.444. The van der Waals surface area contributed by atoms with Crippen molar-refractivity contribution >= 4 is 23.2 Å². The minimum Gasteiger partial charge on any atom is -0.326 e. The van der Waals surface area contributed by atoms with Gasteiger partial charge >= 0.3 is 0 Å². The zero-order valence-electron chi connectivity index (χ0n) is 10.4. The molecule has 0 amide bonds. The Bertz CT molecular complexity index is 591. The van der Waals surface area contributed by atoms with Crippen molar-refractivity contribution in [2.45, 2.75) is 20.4 Å². The van der Waals surface area contributed by atoms with Crippen LogP contribution >= 0.6 is 23.2 Å². The summed E-state index contributed by atoms with van der Waals surface area (Å²) in [6.45, 7) is 4.57. The van der Waals surface area contributed by atoms with Crippen molar-refractivity contribution in [3.05, 3.63) is 57.1 Å². The fraction of sp³-hybridized carbons (Fsp3) is 0.200. The van der Waals surface area contributed by atoms with E-state index in [2.05, 4.69) is 19.9 Å². The number of halogens is 2. The maximum atomic E-state index is 6.29. The van der Waals surface area contributed by atoms with Crippen LogP contribution in [-0.2, 0) is 6.54 Å². The first kappa shape index (κ1) is 13.4. The van der Waals surface area contributed by atoms with E-state index in [-0.39, 0.29) is 0 Å². The molecule has 0 heterocycles. The van der Waals surface area contributed by atoms with Crippen molar-refractivity contribution in [2.75, 3.05) is 0 Å². The lowest BCUT2D eigenvalue weighted by Crippen LogP contribution is -1.97. The summed E-state index contributed by atoms with van der Waals surface area (Å²) in [7, 11) is 0. The van der Waals surface area contributed by atoms with Crippen molar-refractivity contribution < 1.29 is 0 Å². The highest BCUT2D eigenvalue weighted by molar-refractivity contribution is 6.34. The smallest absolute Gasteiger partial charge is 0.0487 e. The molecule has 18 heavy (non-hydrogen) atoms. The second kappa shape index (κ2) is 5.31. The number of hydrogen-bond donors (Lipinski definition) is 1. The van der Waals surface area contributed by atoms with Crippen LogP contribution in [0.5, 0.6) is 0 Å². The van der Waals surface area contributed by atoms with Gasteiger partial charge < -0.3 is 5.73 Å². The van der Waals surface area contributed by atoms with Crippen molar-refractivity contribution in [3.63, 3.8) is 0 Å². The molecule has 0 unspecified atom stereocenters. The van der Waals surface area contributed by atoms with Gasteiger partial charge in [-0.15, -0.1) is 0 Å². The number of nitrogens with two attached hydrogens (primary N) is 1. The van der Waals surface area contributed by atoms with Gasteiger partial charge in [-0.3, -0.25) is 0 Å². The monoisotopic (exact) mass is 279 g/mol. The summed E-state index contributed by atoms with van der Waals surface area (Å²) in [4.78, 5) is 0. The van der Waals surface area contributed by atoms with E-state index in [9.17, 15) is 0 Å². The summed E-state index contributed by atoms with van der Waals surface area (Å²) in [5.74, 6) is 0. The van der Waals surface area contributed by atoms with Crippen molar-refractivity contribution in [2.24, 2.45) is 5.73 Å². The van der Waals surface area contributed by atoms with Gasteiger partial charge in [0, 0.05) is 22.2 Å². The molecule has 2 N–H and O–H groups in total. The molecule has 2 aromatic carbocycles. The first-order chi connectivity index (χ1) is 8.52. The molecule has 0 atom stereocenters. The highest BCUT2D eigenvalue weighted by Gasteiger charge is 2.08. The Morgan fingerprint density at radius 3 is 2.22 bits per heavy atom. The molecule has 3 heteroatoms. The number of benzene rings is 2. The van der Waals surface area contributed by atoms with E-state index in [0.29, 0.717) is 11.6 Å². The molecule has 0 aliphatic heterocycles. The average molecular weight is 280 g/mol.